The van der Waals surface area contributed by atoms with Crippen LogP contribution in [-0.4, -0.2) is 55.4 Å². The number of aliphatic hydroxyl groups is 1. The molecular weight excluding hydrogens is 330 g/mol. The maximum absolute atomic E-state index is 12.1. The lowest BCUT2D eigenvalue weighted by Crippen LogP contribution is -2.53. The summed E-state index contributed by atoms with van der Waals surface area (Å²) in [6.45, 7) is 2.64. The molecule has 0 spiro atoms. The van der Waals surface area contributed by atoms with E-state index in [1.54, 1.807) is 7.11 Å². The van der Waals surface area contributed by atoms with Gasteiger partial charge in [0.15, 0.2) is 0 Å². The van der Waals surface area contributed by atoms with Gasteiger partial charge in [0.2, 0.25) is 0 Å². The molecule has 0 bridgehead atoms. The van der Waals surface area contributed by atoms with Crippen molar-refractivity contribution in [2.75, 3.05) is 27.7 Å². The number of carbonyl (C=O) groups is 1. The average molecular weight is 363 g/mol. The molecule has 0 aromatic heterocycles. The lowest BCUT2D eigenvalue weighted by atomic mass is 9.70. The van der Waals surface area contributed by atoms with Crippen LogP contribution in [0, 0.1) is 0 Å². The molecule has 1 aromatic rings. The maximum atomic E-state index is 12.1. The summed E-state index contributed by atoms with van der Waals surface area (Å²) in [6, 6.07) is 7.85. The minimum absolute atomic E-state index is 0.136. The van der Waals surface area contributed by atoms with Gasteiger partial charge in [-0.2, -0.15) is 0 Å². The van der Waals surface area contributed by atoms with Gasteiger partial charge in [0.1, 0.15) is 17.5 Å². The minimum Gasteiger partial charge on any atom is -0.497 e. The summed E-state index contributed by atoms with van der Waals surface area (Å²) in [5, 5.41) is 11.7. The quantitative estimate of drug-likeness (QED) is 0.718. The Morgan fingerprint density at radius 3 is 2.58 bits per heavy atom. The Morgan fingerprint density at radius 1 is 1.31 bits per heavy atom. The van der Waals surface area contributed by atoms with Gasteiger partial charge in [0.25, 0.3) is 0 Å². The first-order valence-corrected chi connectivity index (χ1v) is 9.61. The highest BCUT2D eigenvalue weighted by molar-refractivity contribution is 5.69. The van der Waals surface area contributed by atoms with Crippen LogP contribution >= 0.6 is 0 Å². The van der Waals surface area contributed by atoms with E-state index in [0.29, 0.717) is 25.8 Å². The van der Waals surface area contributed by atoms with Crippen LogP contribution in [0.5, 0.6) is 5.75 Å². The highest BCUT2D eigenvalue weighted by atomic mass is 16.6. The number of benzene rings is 1. The predicted octanol–water partition coefficient (Wildman–Crippen LogP) is 3.36. The van der Waals surface area contributed by atoms with Crippen molar-refractivity contribution in [3.8, 4) is 5.75 Å². The minimum atomic E-state index is -1.06. The van der Waals surface area contributed by atoms with E-state index >= 15 is 0 Å². The summed E-state index contributed by atoms with van der Waals surface area (Å²) in [6.07, 6.45) is 3.97. The van der Waals surface area contributed by atoms with Crippen molar-refractivity contribution in [1.29, 1.82) is 0 Å². The highest BCUT2D eigenvalue weighted by Gasteiger charge is 2.48. The zero-order valence-electron chi connectivity index (χ0n) is 16.5. The fourth-order valence-corrected chi connectivity index (χ4v) is 3.88. The van der Waals surface area contributed by atoms with Crippen molar-refractivity contribution in [2.45, 2.75) is 63.1 Å². The normalized spacial score (nSPS) is 24.3. The van der Waals surface area contributed by atoms with Crippen LogP contribution in [0.4, 0.5) is 0 Å². The van der Waals surface area contributed by atoms with E-state index in [-0.39, 0.29) is 11.9 Å². The smallest absolute Gasteiger partial charge is 0.306 e. The molecule has 1 N–H and O–H groups in total. The lowest BCUT2D eigenvalue weighted by Gasteiger charge is -2.45. The molecule has 0 saturated heterocycles. The van der Waals surface area contributed by atoms with Gasteiger partial charge >= 0.3 is 5.97 Å². The number of nitrogens with zero attached hydrogens (tertiary/aromatic N) is 1. The maximum Gasteiger partial charge on any atom is 0.306 e. The number of hydrogen-bond donors (Lipinski definition) is 1. The third-order valence-corrected chi connectivity index (χ3v) is 5.25. The molecule has 0 amide bonds. The van der Waals surface area contributed by atoms with Crippen molar-refractivity contribution in [3.63, 3.8) is 0 Å². The molecule has 5 nitrogen and oxygen atoms in total. The van der Waals surface area contributed by atoms with E-state index < -0.39 is 11.7 Å². The van der Waals surface area contributed by atoms with Gasteiger partial charge in [-0.25, -0.2) is 0 Å². The van der Waals surface area contributed by atoms with Crippen LogP contribution in [0.3, 0.4) is 0 Å². The van der Waals surface area contributed by atoms with E-state index in [2.05, 4.69) is 4.90 Å². The summed E-state index contributed by atoms with van der Waals surface area (Å²) in [5.74, 6) is 0.443. The number of likely N-dealkylation sites (N-methyl/N-ethyl adjacent to an activating group) is 1. The van der Waals surface area contributed by atoms with Crippen molar-refractivity contribution >= 4 is 5.97 Å². The van der Waals surface area contributed by atoms with Crippen LogP contribution in [0.1, 0.15) is 56.9 Å². The first-order chi connectivity index (χ1) is 12.4. The molecule has 1 aliphatic carbocycles. The van der Waals surface area contributed by atoms with Crippen LogP contribution < -0.4 is 4.74 Å². The van der Waals surface area contributed by atoms with E-state index in [1.807, 2.05) is 45.3 Å². The fraction of sp³-hybridized carbons (Fsp3) is 0.667. The fourth-order valence-electron chi connectivity index (χ4n) is 3.88. The van der Waals surface area contributed by atoms with E-state index in [1.165, 1.54) is 0 Å². The first kappa shape index (κ1) is 20.7. The van der Waals surface area contributed by atoms with Gasteiger partial charge in [0, 0.05) is 18.9 Å². The number of esters is 1. The molecule has 1 saturated carbocycles. The van der Waals surface area contributed by atoms with Crippen molar-refractivity contribution in [3.05, 3.63) is 29.8 Å². The third-order valence-electron chi connectivity index (χ3n) is 5.25. The van der Waals surface area contributed by atoms with Gasteiger partial charge in [-0.15, -0.1) is 0 Å². The lowest BCUT2D eigenvalue weighted by molar-refractivity contribution is -0.176. The Balaban J connectivity index is 2.32. The molecule has 0 heterocycles. The number of carbonyl (C=O) groups excluding carboxylic acids is 1. The monoisotopic (exact) mass is 363 g/mol. The Bertz CT molecular complexity index is 572. The standard InChI is InChI=1S/C21H33NO4/c1-5-8-20(23)26-19-9-6-7-14-21(19,24)18(15-22(2)3)16-10-12-17(25-4)13-11-16/h10-13,18-19,24H,5-9,14-15H2,1-4H3. The second-order valence-corrected chi connectivity index (χ2v) is 7.55. The number of methoxy groups -OCH3 is 1. The Kier molecular flexibility index (Phi) is 7.47. The largest absolute Gasteiger partial charge is 0.497 e. The number of hydrogen-bond acceptors (Lipinski definition) is 5. The van der Waals surface area contributed by atoms with Gasteiger partial charge in [-0.3, -0.25) is 4.79 Å². The second kappa shape index (κ2) is 9.38. The molecule has 3 atom stereocenters. The zero-order valence-corrected chi connectivity index (χ0v) is 16.5. The van der Waals surface area contributed by atoms with E-state index in [4.69, 9.17) is 9.47 Å². The van der Waals surface area contributed by atoms with Crippen LogP contribution in [0.25, 0.3) is 0 Å². The van der Waals surface area contributed by atoms with Crippen LogP contribution in [0.2, 0.25) is 0 Å². The molecule has 146 valence electrons. The zero-order chi connectivity index (χ0) is 19.2. The van der Waals surface area contributed by atoms with Gasteiger partial charge in [-0.05, 0) is 57.5 Å². The Labute approximate surface area is 157 Å². The molecule has 5 heteroatoms. The van der Waals surface area contributed by atoms with Crippen LogP contribution in [-0.2, 0) is 9.53 Å². The Hall–Kier alpha value is -1.59. The van der Waals surface area contributed by atoms with Gasteiger partial charge < -0.3 is 19.5 Å². The van der Waals surface area contributed by atoms with Crippen molar-refractivity contribution in [2.24, 2.45) is 0 Å². The summed E-state index contributed by atoms with van der Waals surface area (Å²) in [4.78, 5) is 14.2. The predicted molar refractivity (Wildman–Crippen MR) is 102 cm³/mol. The van der Waals surface area contributed by atoms with Crippen molar-refractivity contribution < 1.29 is 19.4 Å². The molecule has 0 radical (unpaired) electrons. The molecule has 2 rings (SSSR count). The summed E-state index contributed by atoms with van der Waals surface area (Å²) >= 11 is 0. The SMILES string of the molecule is CCCC(=O)OC1CCCCC1(O)C(CN(C)C)c1ccc(OC)cc1. The second-order valence-electron chi connectivity index (χ2n) is 7.55. The molecule has 3 unspecified atom stereocenters. The highest BCUT2D eigenvalue weighted by Crippen LogP contribution is 2.42. The molecule has 1 aliphatic rings. The topological polar surface area (TPSA) is 59.0 Å². The molecule has 0 aliphatic heterocycles. The number of ether oxygens (including phenoxy) is 2. The van der Waals surface area contributed by atoms with E-state index in [9.17, 15) is 9.90 Å². The van der Waals surface area contributed by atoms with Crippen molar-refractivity contribution in [1.82, 2.24) is 4.90 Å². The third kappa shape index (κ3) is 4.98. The summed E-state index contributed by atoms with van der Waals surface area (Å²) < 4.78 is 11.0. The molecular formula is C21H33NO4. The molecule has 26 heavy (non-hydrogen) atoms. The van der Waals surface area contributed by atoms with Crippen LogP contribution in [0.15, 0.2) is 24.3 Å². The average Bonchev–Trinajstić information content (AvgIpc) is 2.62. The number of rotatable bonds is 8. The molecule has 1 aromatic carbocycles. The van der Waals surface area contributed by atoms with E-state index in [0.717, 1.165) is 30.6 Å². The van der Waals surface area contributed by atoms with Gasteiger partial charge in [0.05, 0.1) is 7.11 Å². The molecule has 1 fully saturated rings. The summed E-state index contributed by atoms with van der Waals surface area (Å²) in [7, 11) is 5.64. The Morgan fingerprint density at radius 2 is 2.00 bits per heavy atom. The summed E-state index contributed by atoms with van der Waals surface area (Å²) in [5.41, 5.74) is -0.0130. The first-order valence-electron chi connectivity index (χ1n) is 9.61. The van der Waals surface area contributed by atoms with Gasteiger partial charge in [-0.1, -0.05) is 25.5 Å².